The van der Waals surface area contributed by atoms with Crippen LogP contribution in [0.3, 0.4) is 0 Å². The van der Waals surface area contributed by atoms with Crippen LogP contribution in [-0.4, -0.2) is 24.4 Å². The van der Waals surface area contributed by atoms with Gasteiger partial charge in [0.1, 0.15) is 0 Å². The molecule has 0 bridgehead atoms. The van der Waals surface area contributed by atoms with E-state index in [-0.39, 0.29) is 12.8 Å². The Hall–Kier alpha value is -2.76. The number of urea groups is 1. The molecule has 0 saturated heterocycles. The minimum Gasteiger partial charge on any atom is -0.454 e. The van der Waals surface area contributed by atoms with E-state index in [2.05, 4.69) is 15.6 Å². The van der Waals surface area contributed by atoms with Crippen LogP contribution in [0.25, 0.3) is 0 Å². The zero-order valence-electron chi connectivity index (χ0n) is 11.3. The van der Waals surface area contributed by atoms with Crippen molar-refractivity contribution in [3.05, 3.63) is 48.3 Å². The molecule has 0 radical (unpaired) electrons. The van der Waals surface area contributed by atoms with Crippen molar-refractivity contribution in [2.45, 2.75) is 6.42 Å². The summed E-state index contributed by atoms with van der Waals surface area (Å²) in [7, 11) is 0. The molecule has 1 aromatic heterocycles. The van der Waals surface area contributed by atoms with Crippen LogP contribution in [0.2, 0.25) is 0 Å². The van der Waals surface area contributed by atoms with Crippen LogP contribution in [0.1, 0.15) is 5.56 Å². The van der Waals surface area contributed by atoms with Crippen LogP contribution in [0, 0.1) is 0 Å². The van der Waals surface area contributed by atoms with Gasteiger partial charge in [0.2, 0.25) is 6.79 Å². The Balaban J connectivity index is 1.46. The topological polar surface area (TPSA) is 72.5 Å². The van der Waals surface area contributed by atoms with Gasteiger partial charge in [0.15, 0.2) is 11.5 Å². The molecule has 0 aliphatic carbocycles. The van der Waals surface area contributed by atoms with Crippen molar-refractivity contribution in [1.82, 2.24) is 10.3 Å². The fourth-order valence-corrected chi connectivity index (χ4v) is 2.03. The van der Waals surface area contributed by atoms with Gasteiger partial charge in [-0.15, -0.1) is 0 Å². The summed E-state index contributed by atoms with van der Waals surface area (Å²) in [6.07, 6.45) is 3.98. The van der Waals surface area contributed by atoms with Crippen LogP contribution >= 0.6 is 0 Å². The predicted molar refractivity (Wildman–Crippen MR) is 77.5 cm³/mol. The summed E-state index contributed by atoms with van der Waals surface area (Å²) in [6.45, 7) is 0.807. The van der Waals surface area contributed by atoms with Crippen LogP contribution in [0.5, 0.6) is 11.5 Å². The first kappa shape index (κ1) is 13.2. The van der Waals surface area contributed by atoms with Crippen molar-refractivity contribution in [3.63, 3.8) is 0 Å². The SMILES string of the molecule is O=C(NCCc1ccc2c(c1)OCO2)Nc1ccncc1. The Morgan fingerprint density at radius 2 is 1.95 bits per heavy atom. The molecule has 6 nitrogen and oxygen atoms in total. The predicted octanol–water partition coefficient (Wildman–Crippen LogP) is 2.17. The number of rotatable bonds is 4. The number of ether oxygens (including phenoxy) is 2. The summed E-state index contributed by atoms with van der Waals surface area (Å²) >= 11 is 0. The highest BCUT2D eigenvalue weighted by Crippen LogP contribution is 2.32. The summed E-state index contributed by atoms with van der Waals surface area (Å²) in [5.74, 6) is 1.52. The third-order valence-electron chi connectivity index (χ3n) is 3.07. The molecule has 2 aromatic rings. The Labute approximate surface area is 122 Å². The van der Waals surface area contributed by atoms with Gasteiger partial charge < -0.3 is 20.1 Å². The molecule has 0 unspecified atom stereocenters. The average molecular weight is 285 g/mol. The van der Waals surface area contributed by atoms with Gasteiger partial charge in [-0.05, 0) is 36.2 Å². The number of aromatic nitrogens is 1. The van der Waals surface area contributed by atoms with Gasteiger partial charge in [0.05, 0.1) is 0 Å². The Bertz CT molecular complexity index is 631. The van der Waals surface area contributed by atoms with Crippen molar-refractivity contribution in [2.24, 2.45) is 0 Å². The molecule has 0 fully saturated rings. The smallest absolute Gasteiger partial charge is 0.319 e. The molecule has 0 spiro atoms. The number of fused-ring (bicyclic) bond motifs is 1. The summed E-state index contributed by atoms with van der Waals surface area (Å²) in [5, 5.41) is 5.54. The van der Waals surface area contributed by atoms with Crippen molar-refractivity contribution < 1.29 is 14.3 Å². The number of benzene rings is 1. The molecule has 2 amide bonds. The fraction of sp³-hybridized carbons (Fsp3) is 0.200. The third-order valence-corrected chi connectivity index (χ3v) is 3.07. The van der Waals surface area contributed by atoms with E-state index in [4.69, 9.17) is 9.47 Å². The molecule has 0 saturated carbocycles. The van der Waals surface area contributed by atoms with Gasteiger partial charge in [-0.1, -0.05) is 6.07 Å². The molecule has 108 valence electrons. The lowest BCUT2D eigenvalue weighted by molar-refractivity contribution is 0.174. The van der Waals surface area contributed by atoms with E-state index in [1.54, 1.807) is 24.5 Å². The lowest BCUT2D eigenvalue weighted by Gasteiger charge is -2.07. The number of carbonyl (C=O) groups excluding carboxylic acids is 1. The number of nitrogens with one attached hydrogen (secondary N) is 2. The van der Waals surface area contributed by atoms with Crippen LogP contribution < -0.4 is 20.1 Å². The molecular formula is C15H15N3O3. The second kappa shape index (κ2) is 6.13. The van der Waals surface area contributed by atoms with Gasteiger partial charge >= 0.3 is 6.03 Å². The molecule has 3 rings (SSSR count). The largest absolute Gasteiger partial charge is 0.454 e. The number of pyridine rings is 1. The fourth-order valence-electron chi connectivity index (χ4n) is 2.03. The van der Waals surface area contributed by atoms with Crippen molar-refractivity contribution in [3.8, 4) is 11.5 Å². The average Bonchev–Trinajstić information content (AvgIpc) is 2.96. The number of anilines is 1. The summed E-state index contributed by atoms with van der Waals surface area (Å²) in [4.78, 5) is 15.6. The zero-order chi connectivity index (χ0) is 14.5. The molecule has 2 N–H and O–H groups in total. The first-order chi connectivity index (χ1) is 10.3. The number of hydrogen-bond acceptors (Lipinski definition) is 4. The molecule has 2 heterocycles. The van der Waals surface area contributed by atoms with E-state index in [9.17, 15) is 4.79 Å². The lowest BCUT2D eigenvalue weighted by atomic mass is 10.1. The van der Waals surface area contributed by atoms with Gasteiger partial charge in [-0.25, -0.2) is 4.79 Å². The second-order valence-electron chi connectivity index (χ2n) is 4.55. The maximum atomic E-state index is 11.7. The van der Waals surface area contributed by atoms with Gasteiger partial charge in [-0.2, -0.15) is 0 Å². The van der Waals surface area contributed by atoms with E-state index >= 15 is 0 Å². The minimum atomic E-state index is -0.234. The quantitative estimate of drug-likeness (QED) is 0.903. The monoisotopic (exact) mass is 285 g/mol. The van der Waals surface area contributed by atoms with E-state index in [1.165, 1.54) is 0 Å². The molecule has 1 aliphatic rings. The van der Waals surface area contributed by atoms with E-state index in [0.29, 0.717) is 12.2 Å². The van der Waals surface area contributed by atoms with Crippen LogP contribution in [-0.2, 0) is 6.42 Å². The molecular weight excluding hydrogens is 270 g/mol. The summed E-state index contributed by atoms with van der Waals surface area (Å²) in [6, 6.07) is 9.02. The standard InChI is InChI=1S/C15H15N3O3/c19-15(18-12-4-6-16-7-5-12)17-8-3-11-1-2-13-14(9-11)21-10-20-13/h1-2,4-7,9H,3,8,10H2,(H2,16,17,18,19). The zero-order valence-corrected chi connectivity index (χ0v) is 11.3. The first-order valence-corrected chi connectivity index (χ1v) is 6.65. The van der Waals surface area contributed by atoms with Crippen LogP contribution in [0.15, 0.2) is 42.7 Å². The highest BCUT2D eigenvalue weighted by molar-refractivity contribution is 5.89. The minimum absolute atomic E-state index is 0.234. The van der Waals surface area contributed by atoms with Crippen molar-refractivity contribution in [2.75, 3.05) is 18.7 Å². The van der Waals surface area contributed by atoms with E-state index < -0.39 is 0 Å². The Morgan fingerprint density at radius 1 is 1.14 bits per heavy atom. The van der Waals surface area contributed by atoms with Crippen LogP contribution in [0.4, 0.5) is 10.5 Å². The van der Waals surface area contributed by atoms with Gasteiger partial charge in [0.25, 0.3) is 0 Å². The van der Waals surface area contributed by atoms with Gasteiger partial charge in [-0.3, -0.25) is 4.98 Å². The highest BCUT2D eigenvalue weighted by Gasteiger charge is 2.13. The van der Waals surface area contributed by atoms with E-state index in [1.807, 2.05) is 18.2 Å². The molecule has 21 heavy (non-hydrogen) atoms. The normalized spacial score (nSPS) is 12.0. The second-order valence-corrected chi connectivity index (χ2v) is 4.55. The number of amides is 2. The number of hydrogen-bond donors (Lipinski definition) is 2. The molecule has 1 aliphatic heterocycles. The first-order valence-electron chi connectivity index (χ1n) is 6.65. The number of nitrogens with zero attached hydrogens (tertiary/aromatic N) is 1. The van der Waals surface area contributed by atoms with Crippen molar-refractivity contribution >= 4 is 11.7 Å². The van der Waals surface area contributed by atoms with E-state index in [0.717, 1.165) is 23.5 Å². The Morgan fingerprint density at radius 3 is 2.81 bits per heavy atom. The maximum Gasteiger partial charge on any atom is 0.319 e. The summed E-state index contributed by atoms with van der Waals surface area (Å²) < 4.78 is 10.6. The lowest BCUT2D eigenvalue weighted by Crippen LogP contribution is -2.30. The molecule has 0 atom stereocenters. The Kier molecular flexibility index (Phi) is 3.86. The maximum absolute atomic E-state index is 11.7. The molecule has 6 heteroatoms. The number of carbonyl (C=O) groups is 1. The molecule has 1 aromatic carbocycles. The third kappa shape index (κ3) is 3.42. The van der Waals surface area contributed by atoms with Crippen molar-refractivity contribution in [1.29, 1.82) is 0 Å². The van der Waals surface area contributed by atoms with Gasteiger partial charge in [0, 0.05) is 24.6 Å². The highest BCUT2D eigenvalue weighted by atomic mass is 16.7. The summed E-state index contributed by atoms with van der Waals surface area (Å²) in [5.41, 5.74) is 1.80.